The SMILES string of the molecule is F[C@@H]1C[C@H](C[PH](c2ccccc2)(c2ccccc2)c2ccccc2)C[C@@H]1F. The van der Waals surface area contributed by atoms with Gasteiger partial charge >= 0.3 is 160 Å². The van der Waals surface area contributed by atoms with Crippen molar-refractivity contribution >= 4 is 23.2 Å². The van der Waals surface area contributed by atoms with Crippen LogP contribution in [0.25, 0.3) is 0 Å². The third kappa shape index (κ3) is 3.56. The Balaban J connectivity index is 1.89. The molecule has 0 aliphatic heterocycles. The number of hydrogen-bond acceptors (Lipinski definition) is 0. The molecule has 3 atom stereocenters. The molecular weight excluding hydrogens is 357 g/mol. The van der Waals surface area contributed by atoms with E-state index in [0.717, 1.165) is 6.16 Å². The molecule has 3 aromatic rings. The van der Waals surface area contributed by atoms with Crippen molar-refractivity contribution in [2.45, 2.75) is 25.2 Å². The molecule has 0 heterocycles. The molecule has 1 saturated carbocycles. The normalized spacial score (nSPS) is 23.3. The van der Waals surface area contributed by atoms with Gasteiger partial charge in [-0.15, -0.1) is 0 Å². The predicted molar refractivity (Wildman–Crippen MR) is 114 cm³/mol. The van der Waals surface area contributed by atoms with Crippen molar-refractivity contribution in [2.24, 2.45) is 5.92 Å². The van der Waals surface area contributed by atoms with Gasteiger partial charge in [-0.2, -0.15) is 0 Å². The molecule has 1 aliphatic carbocycles. The summed E-state index contributed by atoms with van der Waals surface area (Å²) in [5.74, 6) is 0.0716. The zero-order chi connectivity index (χ0) is 18.7. The summed E-state index contributed by atoms with van der Waals surface area (Å²) in [5.41, 5.74) is 0. The molecule has 140 valence electrons. The predicted octanol–water partition coefficient (Wildman–Crippen LogP) is 4.80. The van der Waals surface area contributed by atoms with E-state index in [1.165, 1.54) is 15.9 Å². The number of benzene rings is 3. The van der Waals surface area contributed by atoms with E-state index in [1.54, 1.807) is 0 Å². The van der Waals surface area contributed by atoms with Crippen molar-refractivity contribution in [3.63, 3.8) is 0 Å². The summed E-state index contributed by atoms with van der Waals surface area (Å²) in [7, 11) is -2.38. The van der Waals surface area contributed by atoms with Gasteiger partial charge in [0.05, 0.1) is 0 Å². The van der Waals surface area contributed by atoms with E-state index in [2.05, 4.69) is 72.8 Å². The third-order valence-corrected chi connectivity index (χ3v) is 11.1. The third-order valence-electron chi connectivity index (χ3n) is 5.90. The van der Waals surface area contributed by atoms with E-state index in [0.29, 0.717) is 12.8 Å². The van der Waals surface area contributed by atoms with E-state index in [-0.39, 0.29) is 5.92 Å². The molecule has 1 aliphatic rings. The van der Waals surface area contributed by atoms with E-state index < -0.39 is 19.6 Å². The monoisotopic (exact) mass is 382 g/mol. The molecule has 0 unspecified atom stereocenters. The van der Waals surface area contributed by atoms with Gasteiger partial charge in [0.25, 0.3) is 0 Å². The minimum absolute atomic E-state index is 0.0716. The Bertz CT molecular complexity index is 745. The van der Waals surface area contributed by atoms with Gasteiger partial charge in [-0.3, -0.25) is 0 Å². The summed E-state index contributed by atoms with van der Waals surface area (Å²) in [6.07, 6.45) is -1.12. The summed E-state index contributed by atoms with van der Waals surface area (Å²) in [6, 6.07) is 31.7. The van der Waals surface area contributed by atoms with Crippen LogP contribution in [0.3, 0.4) is 0 Å². The molecule has 3 aromatic carbocycles. The van der Waals surface area contributed by atoms with E-state index in [4.69, 9.17) is 0 Å². The van der Waals surface area contributed by atoms with Crippen LogP contribution in [0, 0.1) is 5.92 Å². The van der Waals surface area contributed by atoms with Gasteiger partial charge in [-0.05, 0) is 0 Å². The first-order valence-corrected chi connectivity index (χ1v) is 11.9. The molecule has 1 fully saturated rings. The van der Waals surface area contributed by atoms with Crippen molar-refractivity contribution in [3.05, 3.63) is 91.0 Å². The molecule has 27 heavy (non-hydrogen) atoms. The summed E-state index contributed by atoms with van der Waals surface area (Å²) in [5, 5.41) is 3.92. The first-order chi connectivity index (χ1) is 13.2. The first kappa shape index (κ1) is 18.3. The van der Waals surface area contributed by atoms with Crippen molar-refractivity contribution in [2.75, 3.05) is 6.16 Å². The van der Waals surface area contributed by atoms with Crippen LogP contribution in [-0.2, 0) is 0 Å². The van der Waals surface area contributed by atoms with E-state index in [1.807, 2.05) is 18.2 Å². The van der Waals surface area contributed by atoms with Gasteiger partial charge in [0.1, 0.15) is 0 Å². The number of alkyl halides is 2. The van der Waals surface area contributed by atoms with Crippen molar-refractivity contribution in [1.29, 1.82) is 0 Å². The minimum atomic E-state index is -2.38. The van der Waals surface area contributed by atoms with Gasteiger partial charge in [0.2, 0.25) is 0 Å². The molecule has 0 bridgehead atoms. The van der Waals surface area contributed by atoms with E-state index in [9.17, 15) is 8.78 Å². The fourth-order valence-electron chi connectivity index (χ4n) is 4.65. The van der Waals surface area contributed by atoms with Gasteiger partial charge in [-0.1, -0.05) is 0 Å². The van der Waals surface area contributed by atoms with Crippen LogP contribution in [-0.4, -0.2) is 18.5 Å². The molecule has 3 heteroatoms. The fourth-order valence-corrected chi connectivity index (χ4v) is 9.84. The average Bonchev–Trinajstić information content (AvgIpc) is 3.05. The van der Waals surface area contributed by atoms with Crippen LogP contribution in [0.15, 0.2) is 91.0 Å². The fraction of sp³-hybridized carbons (Fsp3) is 0.250. The van der Waals surface area contributed by atoms with Gasteiger partial charge in [-0.25, -0.2) is 0 Å². The van der Waals surface area contributed by atoms with Crippen LogP contribution < -0.4 is 15.9 Å². The van der Waals surface area contributed by atoms with Crippen LogP contribution in [0.4, 0.5) is 8.78 Å². The van der Waals surface area contributed by atoms with Gasteiger partial charge < -0.3 is 0 Å². The Kier molecular flexibility index (Phi) is 5.36. The van der Waals surface area contributed by atoms with Crippen LogP contribution in [0.2, 0.25) is 0 Å². The van der Waals surface area contributed by atoms with Gasteiger partial charge in [0.15, 0.2) is 0 Å². The quantitative estimate of drug-likeness (QED) is 0.556. The van der Waals surface area contributed by atoms with Crippen molar-refractivity contribution in [3.8, 4) is 0 Å². The number of halogens is 2. The molecule has 0 aromatic heterocycles. The molecule has 0 nitrogen and oxygen atoms in total. The van der Waals surface area contributed by atoms with Crippen molar-refractivity contribution < 1.29 is 8.78 Å². The van der Waals surface area contributed by atoms with Gasteiger partial charge in [0, 0.05) is 0 Å². The maximum absolute atomic E-state index is 14.0. The Labute approximate surface area is 160 Å². The topological polar surface area (TPSA) is 0 Å². The maximum atomic E-state index is 14.0. The molecule has 4 rings (SSSR count). The second kappa shape index (κ2) is 7.90. The standard InChI is InChI=1S/C24H25F2P/c25-23-16-19(17-24(23)26)18-27(20-10-4-1-5-11-20,21-12-6-2-7-13-21)22-14-8-3-9-15-22/h1-15,19,23-24,27H,16-18H2/t19-,23+,24-. The summed E-state index contributed by atoms with van der Waals surface area (Å²) >= 11 is 0. The first-order valence-electron chi connectivity index (χ1n) is 9.65. The average molecular weight is 382 g/mol. The van der Waals surface area contributed by atoms with Crippen LogP contribution >= 0.6 is 7.26 Å². The summed E-state index contributed by atoms with van der Waals surface area (Å²) < 4.78 is 28.0. The zero-order valence-electron chi connectivity index (χ0n) is 15.3. The van der Waals surface area contributed by atoms with Crippen LogP contribution in [0.1, 0.15) is 12.8 Å². The molecule has 0 saturated heterocycles. The molecule has 0 spiro atoms. The summed E-state index contributed by atoms with van der Waals surface area (Å²) in [6.45, 7) is 0. The number of hydrogen-bond donors (Lipinski definition) is 0. The van der Waals surface area contributed by atoms with Crippen molar-refractivity contribution in [1.82, 2.24) is 0 Å². The molecular formula is C24H25F2P. The second-order valence-corrected chi connectivity index (χ2v) is 11.5. The molecule has 0 amide bonds. The summed E-state index contributed by atoms with van der Waals surface area (Å²) in [4.78, 5) is 0. The Hall–Kier alpha value is -2.05. The molecule has 0 N–H and O–H groups in total. The zero-order valence-corrected chi connectivity index (χ0v) is 16.3. The molecule has 0 radical (unpaired) electrons. The van der Waals surface area contributed by atoms with Crippen LogP contribution in [0.5, 0.6) is 0 Å². The second-order valence-electron chi connectivity index (χ2n) is 7.58. The Morgan fingerprint density at radius 1 is 0.593 bits per heavy atom. The van der Waals surface area contributed by atoms with E-state index >= 15 is 0 Å². The Morgan fingerprint density at radius 2 is 0.926 bits per heavy atom. The Morgan fingerprint density at radius 3 is 1.26 bits per heavy atom. The number of rotatable bonds is 5.